The lowest BCUT2D eigenvalue weighted by atomic mass is 10.0. The first-order valence-electron chi connectivity index (χ1n) is 8.56. The van der Waals surface area contributed by atoms with Crippen molar-refractivity contribution in [3.05, 3.63) is 59.0 Å². The highest BCUT2D eigenvalue weighted by Crippen LogP contribution is 2.31. The highest BCUT2D eigenvalue weighted by Gasteiger charge is 2.20. The molecule has 4 heteroatoms. The summed E-state index contributed by atoms with van der Waals surface area (Å²) in [7, 11) is 1.73. The second-order valence-corrected chi connectivity index (χ2v) is 6.44. The summed E-state index contributed by atoms with van der Waals surface area (Å²) in [6.07, 6.45) is 4.07. The largest absolute Gasteiger partial charge is 0.497 e. The summed E-state index contributed by atoms with van der Waals surface area (Å²) < 4.78 is 7.90. The maximum absolute atomic E-state index is 5.43. The normalized spacial score (nSPS) is 13.9. The molecule has 4 nitrogen and oxygen atoms in total. The maximum atomic E-state index is 5.43. The molecule has 24 heavy (non-hydrogen) atoms. The number of pyridine rings is 1. The van der Waals surface area contributed by atoms with E-state index in [1.54, 1.807) is 7.11 Å². The van der Waals surface area contributed by atoms with Crippen LogP contribution in [-0.4, -0.2) is 23.2 Å². The van der Waals surface area contributed by atoms with Crippen LogP contribution in [0.1, 0.15) is 22.5 Å². The van der Waals surface area contributed by atoms with E-state index in [1.807, 2.05) is 13.1 Å². The summed E-state index contributed by atoms with van der Waals surface area (Å²) in [4.78, 5) is 4.41. The number of nitrogens with one attached hydrogen (secondary N) is 1. The third kappa shape index (κ3) is 2.67. The van der Waals surface area contributed by atoms with Crippen LogP contribution in [0.15, 0.2) is 36.5 Å². The number of nitrogens with zero attached hydrogens (tertiary/aromatic N) is 2. The van der Waals surface area contributed by atoms with Gasteiger partial charge in [-0.15, -0.1) is 0 Å². The molecule has 0 fully saturated rings. The number of rotatable bonds is 4. The van der Waals surface area contributed by atoms with Gasteiger partial charge in [0.1, 0.15) is 5.75 Å². The molecule has 0 saturated heterocycles. The minimum Gasteiger partial charge on any atom is -0.497 e. The molecule has 0 amide bonds. The minimum atomic E-state index is 0.934. The Hall–Kier alpha value is -2.33. The van der Waals surface area contributed by atoms with E-state index in [9.17, 15) is 0 Å². The fourth-order valence-corrected chi connectivity index (χ4v) is 3.63. The monoisotopic (exact) mass is 321 g/mol. The molecule has 0 saturated carbocycles. The van der Waals surface area contributed by atoms with Crippen molar-refractivity contribution in [2.75, 3.05) is 13.7 Å². The van der Waals surface area contributed by atoms with E-state index < -0.39 is 0 Å². The van der Waals surface area contributed by atoms with Crippen LogP contribution in [0.3, 0.4) is 0 Å². The fourth-order valence-electron chi connectivity index (χ4n) is 3.63. The molecule has 124 valence electrons. The van der Waals surface area contributed by atoms with Gasteiger partial charge in [-0.1, -0.05) is 6.07 Å². The molecule has 0 aliphatic carbocycles. The Kier molecular flexibility index (Phi) is 3.98. The minimum absolute atomic E-state index is 0.934. The van der Waals surface area contributed by atoms with Gasteiger partial charge in [0, 0.05) is 41.6 Å². The van der Waals surface area contributed by atoms with Crippen molar-refractivity contribution in [2.24, 2.45) is 0 Å². The summed E-state index contributed by atoms with van der Waals surface area (Å²) >= 11 is 0. The molecule has 0 bridgehead atoms. The predicted octanol–water partition coefficient (Wildman–Crippen LogP) is 3.24. The van der Waals surface area contributed by atoms with Crippen molar-refractivity contribution in [2.45, 2.75) is 32.9 Å². The Bertz CT molecular complexity index is 865. The van der Waals surface area contributed by atoms with Gasteiger partial charge in [0.2, 0.25) is 0 Å². The summed E-state index contributed by atoms with van der Waals surface area (Å²) in [5, 5.41) is 4.85. The summed E-state index contributed by atoms with van der Waals surface area (Å²) in [6.45, 7) is 4.99. The van der Waals surface area contributed by atoms with Crippen molar-refractivity contribution in [3.8, 4) is 5.75 Å². The number of methoxy groups -OCH3 is 1. The lowest BCUT2D eigenvalue weighted by Gasteiger charge is -2.17. The van der Waals surface area contributed by atoms with Gasteiger partial charge in [-0.05, 0) is 61.7 Å². The van der Waals surface area contributed by atoms with Gasteiger partial charge in [0.15, 0.2) is 0 Å². The van der Waals surface area contributed by atoms with E-state index >= 15 is 0 Å². The van der Waals surface area contributed by atoms with Crippen molar-refractivity contribution >= 4 is 10.9 Å². The summed E-state index contributed by atoms with van der Waals surface area (Å²) in [5.74, 6) is 0.934. The number of hydrogen-bond acceptors (Lipinski definition) is 3. The average molecular weight is 321 g/mol. The molecule has 0 unspecified atom stereocenters. The Balaban J connectivity index is 1.72. The van der Waals surface area contributed by atoms with Crippen molar-refractivity contribution < 1.29 is 4.74 Å². The molecule has 1 aliphatic heterocycles. The highest BCUT2D eigenvalue weighted by atomic mass is 16.5. The number of benzene rings is 1. The molecular formula is C20H23N3O. The Labute approximate surface area is 142 Å². The Morgan fingerprint density at radius 1 is 1.25 bits per heavy atom. The van der Waals surface area contributed by atoms with Crippen molar-refractivity contribution in [3.63, 3.8) is 0 Å². The maximum Gasteiger partial charge on any atom is 0.119 e. The second-order valence-electron chi connectivity index (χ2n) is 6.44. The lowest BCUT2D eigenvalue weighted by Crippen LogP contribution is -2.25. The van der Waals surface area contributed by atoms with Crippen LogP contribution < -0.4 is 10.1 Å². The van der Waals surface area contributed by atoms with Crippen molar-refractivity contribution in [1.29, 1.82) is 0 Å². The van der Waals surface area contributed by atoms with Crippen LogP contribution in [0.2, 0.25) is 0 Å². The van der Waals surface area contributed by atoms with Gasteiger partial charge >= 0.3 is 0 Å². The number of ether oxygens (including phenoxy) is 1. The van der Waals surface area contributed by atoms with Crippen LogP contribution in [0.4, 0.5) is 0 Å². The van der Waals surface area contributed by atoms with Gasteiger partial charge in [0.25, 0.3) is 0 Å². The molecule has 1 aromatic carbocycles. The number of hydrogen-bond donors (Lipinski definition) is 1. The molecular weight excluding hydrogens is 298 g/mol. The molecule has 0 radical (unpaired) electrons. The third-order valence-corrected chi connectivity index (χ3v) is 4.93. The fraction of sp³-hybridized carbons (Fsp3) is 0.350. The van der Waals surface area contributed by atoms with E-state index in [1.165, 1.54) is 27.7 Å². The summed E-state index contributed by atoms with van der Waals surface area (Å²) in [6, 6.07) is 10.7. The molecule has 1 N–H and O–H groups in total. The van der Waals surface area contributed by atoms with Crippen LogP contribution >= 0.6 is 0 Å². The molecule has 2 aromatic heterocycles. The quantitative estimate of drug-likeness (QED) is 0.802. The molecule has 1 aliphatic rings. The first kappa shape index (κ1) is 15.2. The van der Waals surface area contributed by atoms with E-state index in [4.69, 9.17) is 4.74 Å². The predicted molar refractivity (Wildman–Crippen MR) is 96.6 cm³/mol. The summed E-state index contributed by atoms with van der Waals surface area (Å²) in [5.41, 5.74) is 6.56. The zero-order chi connectivity index (χ0) is 16.5. The van der Waals surface area contributed by atoms with Gasteiger partial charge in [-0.25, -0.2) is 0 Å². The smallest absolute Gasteiger partial charge is 0.119 e. The van der Waals surface area contributed by atoms with E-state index in [-0.39, 0.29) is 0 Å². The highest BCUT2D eigenvalue weighted by molar-refractivity contribution is 5.87. The van der Waals surface area contributed by atoms with E-state index in [0.717, 1.165) is 43.9 Å². The Morgan fingerprint density at radius 2 is 2.17 bits per heavy atom. The zero-order valence-corrected chi connectivity index (χ0v) is 14.3. The van der Waals surface area contributed by atoms with Gasteiger partial charge < -0.3 is 14.6 Å². The third-order valence-electron chi connectivity index (χ3n) is 4.93. The van der Waals surface area contributed by atoms with Gasteiger partial charge in [0.05, 0.1) is 7.11 Å². The van der Waals surface area contributed by atoms with Crippen LogP contribution in [0, 0.1) is 6.92 Å². The number of aryl methyl sites for hydroxylation is 3. The molecule has 0 spiro atoms. The zero-order valence-electron chi connectivity index (χ0n) is 14.3. The Morgan fingerprint density at radius 3 is 2.96 bits per heavy atom. The standard InChI is InChI=1S/C20H23N3O/c1-14-3-4-15(12-22-14)8-10-23-19-6-5-16(24-2)11-18(19)17-7-9-21-13-20(17)23/h3-6,11-12,21H,7-10,13H2,1-2H3. The van der Waals surface area contributed by atoms with Crippen molar-refractivity contribution in [1.82, 2.24) is 14.9 Å². The first-order valence-corrected chi connectivity index (χ1v) is 8.56. The van der Waals surface area contributed by atoms with Gasteiger partial charge in [-0.2, -0.15) is 0 Å². The SMILES string of the molecule is COc1ccc2c(c1)c1c(n2CCc2ccc(C)nc2)CNCC1. The molecule has 3 heterocycles. The average Bonchev–Trinajstić information content (AvgIpc) is 2.94. The second kappa shape index (κ2) is 6.29. The van der Waals surface area contributed by atoms with Crippen LogP contribution in [0.5, 0.6) is 5.75 Å². The molecule has 0 atom stereocenters. The number of aromatic nitrogens is 2. The van der Waals surface area contributed by atoms with Crippen LogP contribution in [-0.2, 0) is 25.9 Å². The molecule has 3 aromatic rings. The lowest BCUT2D eigenvalue weighted by molar-refractivity contribution is 0.415. The molecule has 4 rings (SSSR count). The topological polar surface area (TPSA) is 39.1 Å². The number of fused-ring (bicyclic) bond motifs is 3. The first-order chi connectivity index (χ1) is 11.8. The van der Waals surface area contributed by atoms with E-state index in [0.29, 0.717) is 0 Å². The van der Waals surface area contributed by atoms with Crippen LogP contribution in [0.25, 0.3) is 10.9 Å². The van der Waals surface area contributed by atoms with Gasteiger partial charge in [-0.3, -0.25) is 4.98 Å². The van der Waals surface area contributed by atoms with E-state index in [2.05, 4.69) is 45.2 Å².